The van der Waals surface area contributed by atoms with Crippen molar-refractivity contribution in [2.24, 2.45) is 7.05 Å². The molecule has 1 aromatic carbocycles. The monoisotopic (exact) mass is 260 g/mol. The normalized spacial score (nSPS) is 12.2. The Balaban J connectivity index is 2.27. The largest absolute Gasteiger partial charge is 0.467 e. The highest BCUT2D eigenvalue weighted by atomic mass is 16.5. The van der Waals surface area contributed by atoms with Gasteiger partial charge in [-0.3, -0.25) is 4.79 Å². The van der Waals surface area contributed by atoms with Gasteiger partial charge in [-0.1, -0.05) is 18.2 Å². The number of aromatic nitrogens is 1. The summed E-state index contributed by atoms with van der Waals surface area (Å²) in [6.07, 6.45) is 0. The fraction of sp³-hybridized carbons (Fsp3) is 0.286. The summed E-state index contributed by atoms with van der Waals surface area (Å²) in [5, 5.41) is 3.60. The highest BCUT2D eigenvalue weighted by Gasteiger charge is 2.19. The van der Waals surface area contributed by atoms with E-state index in [0.717, 1.165) is 10.9 Å². The molecule has 19 heavy (non-hydrogen) atoms. The fourth-order valence-electron chi connectivity index (χ4n) is 2.01. The summed E-state index contributed by atoms with van der Waals surface area (Å²) in [6.45, 7) is 1.59. The lowest BCUT2D eigenvalue weighted by atomic mass is 10.2. The van der Waals surface area contributed by atoms with Gasteiger partial charge in [0, 0.05) is 18.0 Å². The molecule has 0 saturated carbocycles. The first-order chi connectivity index (χ1) is 9.04. The number of hydrogen-bond donors (Lipinski definition) is 1. The Bertz CT molecular complexity index is 631. The van der Waals surface area contributed by atoms with Crippen molar-refractivity contribution >= 4 is 22.8 Å². The number of amides is 1. The molecule has 0 aliphatic carbocycles. The van der Waals surface area contributed by atoms with E-state index in [1.807, 2.05) is 31.3 Å². The number of carbonyl (C=O) groups is 2. The van der Waals surface area contributed by atoms with Crippen LogP contribution in [0.4, 0.5) is 0 Å². The minimum atomic E-state index is -0.671. The van der Waals surface area contributed by atoms with Crippen LogP contribution < -0.4 is 5.32 Å². The second-order valence-electron chi connectivity index (χ2n) is 4.37. The van der Waals surface area contributed by atoms with Crippen LogP contribution in [0.2, 0.25) is 0 Å². The summed E-state index contributed by atoms with van der Waals surface area (Å²) in [6, 6.07) is 8.85. The Morgan fingerprint density at radius 2 is 2.00 bits per heavy atom. The first-order valence-corrected chi connectivity index (χ1v) is 5.97. The standard InChI is InChI=1S/C14H16N2O3/c1-9(14(18)19-3)15-13(17)12-8-10-6-4-5-7-11(10)16(12)2/h4-9H,1-3H3,(H,15,17)/t9-/m1/s1. The number of para-hydroxylation sites is 1. The van der Waals surface area contributed by atoms with E-state index in [1.165, 1.54) is 7.11 Å². The molecule has 5 nitrogen and oxygen atoms in total. The summed E-state index contributed by atoms with van der Waals surface area (Å²) in [5.74, 6) is -0.760. The SMILES string of the molecule is COC(=O)[C@@H](C)NC(=O)c1cc2ccccc2n1C. The second-order valence-corrected chi connectivity index (χ2v) is 4.37. The molecule has 0 spiro atoms. The van der Waals surface area contributed by atoms with Crippen LogP contribution in [0.15, 0.2) is 30.3 Å². The van der Waals surface area contributed by atoms with Gasteiger partial charge >= 0.3 is 5.97 Å². The van der Waals surface area contributed by atoms with Gasteiger partial charge in [-0.25, -0.2) is 4.79 Å². The predicted molar refractivity (Wildman–Crippen MR) is 71.9 cm³/mol. The third-order valence-corrected chi connectivity index (χ3v) is 3.09. The molecular formula is C14H16N2O3. The molecule has 0 radical (unpaired) electrons. The molecule has 0 saturated heterocycles. The maximum atomic E-state index is 12.1. The zero-order valence-corrected chi connectivity index (χ0v) is 11.1. The van der Waals surface area contributed by atoms with E-state index in [9.17, 15) is 9.59 Å². The Hall–Kier alpha value is -2.30. The number of ether oxygens (including phenoxy) is 1. The van der Waals surface area contributed by atoms with Crippen LogP contribution in [-0.2, 0) is 16.6 Å². The summed E-state index contributed by atoms with van der Waals surface area (Å²) in [5.41, 5.74) is 1.48. The van der Waals surface area contributed by atoms with Crippen molar-refractivity contribution in [1.82, 2.24) is 9.88 Å². The summed E-state index contributed by atoms with van der Waals surface area (Å²) < 4.78 is 6.38. The van der Waals surface area contributed by atoms with Gasteiger partial charge in [-0.15, -0.1) is 0 Å². The molecule has 1 atom stereocenters. The number of methoxy groups -OCH3 is 1. The molecule has 0 fully saturated rings. The number of fused-ring (bicyclic) bond motifs is 1. The van der Waals surface area contributed by atoms with Gasteiger partial charge in [0.05, 0.1) is 7.11 Å². The maximum absolute atomic E-state index is 12.1. The molecule has 1 heterocycles. The van der Waals surface area contributed by atoms with Crippen molar-refractivity contribution in [3.05, 3.63) is 36.0 Å². The van der Waals surface area contributed by atoms with Crippen LogP contribution in [-0.4, -0.2) is 29.6 Å². The van der Waals surface area contributed by atoms with Gasteiger partial charge in [-0.05, 0) is 19.1 Å². The van der Waals surface area contributed by atoms with Crippen molar-refractivity contribution < 1.29 is 14.3 Å². The minimum absolute atomic E-state index is 0.295. The van der Waals surface area contributed by atoms with Gasteiger partial charge in [0.1, 0.15) is 11.7 Å². The third-order valence-electron chi connectivity index (χ3n) is 3.09. The molecule has 2 rings (SSSR count). The van der Waals surface area contributed by atoms with Gasteiger partial charge < -0.3 is 14.6 Å². The van der Waals surface area contributed by atoms with Crippen LogP contribution in [0.1, 0.15) is 17.4 Å². The molecule has 1 amide bonds. The van der Waals surface area contributed by atoms with E-state index in [-0.39, 0.29) is 5.91 Å². The number of nitrogens with zero attached hydrogens (tertiary/aromatic N) is 1. The van der Waals surface area contributed by atoms with Gasteiger partial charge in [-0.2, -0.15) is 0 Å². The molecule has 0 unspecified atom stereocenters. The Morgan fingerprint density at radius 3 is 2.63 bits per heavy atom. The maximum Gasteiger partial charge on any atom is 0.328 e. The molecule has 1 N–H and O–H groups in total. The van der Waals surface area contributed by atoms with Gasteiger partial charge in [0.25, 0.3) is 5.91 Å². The Morgan fingerprint density at radius 1 is 1.32 bits per heavy atom. The fourth-order valence-corrected chi connectivity index (χ4v) is 2.01. The van der Waals surface area contributed by atoms with Gasteiger partial charge in [0.15, 0.2) is 0 Å². The quantitative estimate of drug-likeness (QED) is 0.850. The number of aryl methyl sites for hydroxylation is 1. The summed E-state index contributed by atoms with van der Waals surface area (Å²) in [7, 11) is 3.11. The van der Waals surface area contributed by atoms with Crippen molar-refractivity contribution in [3.63, 3.8) is 0 Å². The lowest BCUT2D eigenvalue weighted by Crippen LogP contribution is -2.39. The highest BCUT2D eigenvalue weighted by Crippen LogP contribution is 2.18. The van der Waals surface area contributed by atoms with Crippen molar-refractivity contribution in [2.45, 2.75) is 13.0 Å². The Labute approximate surface area is 111 Å². The number of carbonyl (C=O) groups excluding carboxylic acids is 2. The van der Waals surface area contributed by atoms with Crippen molar-refractivity contribution in [2.75, 3.05) is 7.11 Å². The molecule has 0 aliphatic heterocycles. The van der Waals surface area contributed by atoms with Crippen LogP contribution in [0.5, 0.6) is 0 Å². The first kappa shape index (κ1) is 13.1. The molecule has 2 aromatic rings. The van der Waals surface area contributed by atoms with Crippen molar-refractivity contribution in [3.8, 4) is 0 Å². The average Bonchev–Trinajstić information content (AvgIpc) is 2.75. The Kier molecular flexibility index (Phi) is 3.55. The zero-order valence-electron chi connectivity index (χ0n) is 11.1. The highest BCUT2D eigenvalue weighted by molar-refractivity contribution is 6.00. The predicted octanol–water partition coefficient (Wildman–Crippen LogP) is 1.47. The number of nitrogens with one attached hydrogen (secondary N) is 1. The lowest BCUT2D eigenvalue weighted by molar-refractivity contribution is -0.142. The molecular weight excluding hydrogens is 244 g/mol. The van der Waals surface area contributed by atoms with E-state index in [0.29, 0.717) is 5.69 Å². The molecule has 100 valence electrons. The lowest BCUT2D eigenvalue weighted by Gasteiger charge is -2.11. The topological polar surface area (TPSA) is 60.3 Å². The number of rotatable bonds is 3. The summed E-state index contributed by atoms with van der Waals surface area (Å²) >= 11 is 0. The van der Waals surface area contributed by atoms with E-state index >= 15 is 0 Å². The molecule has 0 bridgehead atoms. The van der Waals surface area contributed by atoms with E-state index in [4.69, 9.17) is 0 Å². The smallest absolute Gasteiger partial charge is 0.328 e. The molecule has 5 heteroatoms. The van der Waals surface area contributed by atoms with Gasteiger partial charge in [0.2, 0.25) is 0 Å². The van der Waals surface area contributed by atoms with Crippen LogP contribution in [0, 0.1) is 0 Å². The second kappa shape index (κ2) is 5.14. The van der Waals surface area contributed by atoms with E-state index < -0.39 is 12.0 Å². The average molecular weight is 260 g/mol. The van der Waals surface area contributed by atoms with Crippen LogP contribution in [0.3, 0.4) is 0 Å². The number of hydrogen-bond acceptors (Lipinski definition) is 3. The molecule has 1 aromatic heterocycles. The zero-order chi connectivity index (χ0) is 14.0. The minimum Gasteiger partial charge on any atom is -0.467 e. The van der Waals surface area contributed by atoms with Crippen LogP contribution in [0.25, 0.3) is 10.9 Å². The molecule has 0 aliphatic rings. The van der Waals surface area contributed by atoms with Crippen molar-refractivity contribution in [1.29, 1.82) is 0 Å². The summed E-state index contributed by atoms with van der Waals surface area (Å²) in [4.78, 5) is 23.4. The van der Waals surface area contributed by atoms with E-state index in [1.54, 1.807) is 17.6 Å². The van der Waals surface area contributed by atoms with E-state index in [2.05, 4.69) is 10.1 Å². The number of benzene rings is 1. The third kappa shape index (κ3) is 2.45. The first-order valence-electron chi connectivity index (χ1n) is 5.97. The number of esters is 1. The van der Waals surface area contributed by atoms with Crippen LogP contribution >= 0.6 is 0 Å².